The number of carbonyl (C=O) groups is 2. The lowest BCUT2D eigenvalue weighted by atomic mass is 9.87. The standard InChI is InChI=1S/C22H22ClNO3/c1-15(27-21(25)14-13-17-8-3-5-11-19(17)23)22(26)24-20-12-6-9-16-7-2-4-10-18(16)20/h2-5,7-8,10-11,13-15,20H,6,9,12H2,1H3,(H,24,26)/b14-13+/t15-,20+/m1/s1. The average Bonchev–Trinajstić information content (AvgIpc) is 2.67. The third-order valence-corrected chi connectivity index (χ3v) is 5.00. The third-order valence-electron chi connectivity index (χ3n) is 4.65. The quantitative estimate of drug-likeness (QED) is 0.611. The summed E-state index contributed by atoms with van der Waals surface area (Å²) in [4.78, 5) is 24.5. The van der Waals surface area contributed by atoms with Crippen molar-refractivity contribution in [2.45, 2.75) is 38.3 Å². The second-order valence-electron chi connectivity index (χ2n) is 6.59. The lowest BCUT2D eigenvalue weighted by Crippen LogP contribution is -2.39. The predicted molar refractivity (Wildman–Crippen MR) is 106 cm³/mol. The number of esters is 1. The summed E-state index contributed by atoms with van der Waals surface area (Å²) in [6, 6.07) is 15.3. The fraction of sp³-hybridized carbons (Fsp3) is 0.273. The summed E-state index contributed by atoms with van der Waals surface area (Å²) in [5, 5.41) is 3.55. The summed E-state index contributed by atoms with van der Waals surface area (Å²) in [5.74, 6) is -0.877. The molecule has 4 nitrogen and oxygen atoms in total. The van der Waals surface area contributed by atoms with E-state index >= 15 is 0 Å². The topological polar surface area (TPSA) is 55.4 Å². The first kappa shape index (κ1) is 19.2. The Kier molecular flexibility index (Phi) is 6.30. The molecule has 0 radical (unpaired) electrons. The summed E-state index contributed by atoms with van der Waals surface area (Å²) >= 11 is 6.05. The maximum absolute atomic E-state index is 12.5. The van der Waals surface area contributed by atoms with Crippen molar-refractivity contribution in [1.29, 1.82) is 0 Å². The number of ether oxygens (including phenoxy) is 1. The Morgan fingerprint density at radius 2 is 1.93 bits per heavy atom. The lowest BCUT2D eigenvalue weighted by Gasteiger charge is -2.27. The van der Waals surface area contributed by atoms with Gasteiger partial charge in [0, 0.05) is 11.1 Å². The zero-order valence-electron chi connectivity index (χ0n) is 15.2. The molecule has 27 heavy (non-hydrogen) atoms. The molecule has 1 aliphatic carbocycles. The molecule has 0 bridgehead atoms. The van der Waals surface area contributed by atoms with Crippen molar-refractivity contribution in [3.8, 4) is 0 Å². The predicted octanol–water partition coefficient (Wildman–Crippen LogP) is 4.48. The molecule has 0 fully saturated rings. The number of aryl methyl sites for hydroxylation is 1. The highest BCUT2D eigenvalue weighted by atomic mass is 35.5. The normalized spacial score (nSPS) is 17.2. The minimum Gasteiger partial charge on any atom is -0.449 e. The number of nitrogens with one attached hydrogen (secondary N) is 1. The number of fused-ring (bicyclic) bond motifs is 1. The molecule has 140 valence electrons. The minimum atomic E-state index is -0.873. The molecular weight excluding hydrogens is 362 g/mol. The Balaban J connectivity index is 1.57. The summed E-state index contributed by atoms with van der Waals surface area (Å²) in [5.41, 5.74) is 3.13. The first-order valence-electron chi connectivity index (χ1n) is 9.06. The number of carbonyl (C=O) groups excluding carboxylic acids is 2. The van der Waals surface area contributed by atoms with E-state index in [1.165, 1.54) is 11.6 Å². The van der Waals surface area contributed by atoms with Gasteiger partial charge in [-0.3, -0.25) is 4.79 Å². The molecular formula is C22H22ClNO3. The Labute approximate surface area is 164 Å². The molecule has 0 aromatic heterocycles. The highest BCUT2D eigenvalue weighted by molar-refractivity contribution is 6.32. The van der Waals surface area contributed by atoms with E-state index < -0.39 is 12.1 Å². The highest BCUT2D eigenvalue weighted by Gasteiger charge is 2.24. The zero-order chi connectivity index (χ0) is 19.2. The Hall–Kier alpha value is -2.59. The van der Waals surface area contributed by atoms with Crippen LogP contribution in [0.2, 0.25) is 5.02 Å². The van der Waals surface area contributed by atoms with E-state index in [0.717, 1.165) is 24.8 Å². The van der Waals surface area contributed by atoms with Gasteiger partial charge < -0.3 is 10.1 Å². The van der Waals surface area contributed by atoms with Crippen molar-refractivity contribution in [3.05, 3.63) is 76.3 Å². The van der Waals surface area contributed by atoms with Crippen molar-refractivity contribution in [3.63, 3.8) is 0 Å². The maximum atomic E-state index is 12.5. The number of amides is 1. The maximum Gasteiger partial charge on any atom is 0.331 e. The number of halogens is 1. The van der Waals surface area contributed by atoms with E-state index in [4.69, 9.17) is 16.3 Å². The monoisotopic (exact) mass is 383 g/mol. The second-order valence-corrected chi connectivity index (χ2v) is 6.99. The summed E-state index contributed by atoms with van der Waals surface area (Å²) < 4.78 is 5.22. The van der Waals surface area contributed by atoms with Gasteiger partial charge in [0.2, 0.25) is 0 Å². The molecule has 2 atom stereocenters. The van der Waals surface area contributed by atoms with E-state index in [2.05, 4.69) is 11.4 Å². The molecule has 1 amide bonds. The van der Waals surface area contributed by atoms with Gasteiger partial charge in [-0.15, -0.1) is 0 Å². The van der Waals surface area contributed by atoms with Gasteiger partial charge in [0.15, 0.2) is 6.10 Å². The van der Waals surface area contributed by atoms with Crippen LogP contribution in [-0.4, -0.2) is 18.0 Å². The Morgan fingerprint density at radius 3 is 2.74 bits per heavy atom. The molecule has 0 aliphatic heterocycles. The second kappa shape index (κ2) is 8.87. The fourth-order valence-corrected chi connectivity index (χ4v) is 3.43. The number of hydrogen-bond acceptors (Lipinski definition) is 3. The molecule has 0 saturated heterocycles. The van der Waals surface area contributed by atoms with Gasteiger partial charge in [-0.2, -0.15) is 0 Å². The van der Waals surface area contributed by atoms with Crippen LogP contribution in [0.3, 0.4) is 0 Å². The van der Waals surface area contributed by atoms with E-state index in [1.54, 1.807) is 25.1 Å². The molecule has 2 aromatic rings. The summed E-state index contributed by atoms with van der Waals surface area (Å²) in [6.45, 7) is 1.57. The van der Waals surface area contributed by atoms with Gasteiger partial charge in [-0.1, -0.05) is 54.1 Å². The van der Waals surface area contributed by atoms with Crippen LogP contribution >= 0.6 is 11.6 Å². The van der Waals surface area contributed by atoms with E-state index in [0.29, 0.717) is 10.6 Å². The SMILES string of the molecule is C[C@@H](OC(=O)/C=C/c1ccccc1Cl)C(=O)N[C@H]1CCCc2ccccc21. The van der Waals surface area contributed by atoms with E-state index in [-0.39, 0.29) is 11.9 Å². The molecule has 0 spiro atoms. The van der Waals surface area contributed by atoms with Crippen LogP contribution in [0, 0.1) is 0 Å². The van der Waals surface area contributed by atoms with Crippen molar-refractivity contribution >= 4 is 29.6 Å². The lowest BCUT2D eigenvalue weighted by molar-refractivity contribution is -0.150. The molecule has 0 heterocycles. The van der Waals surface area contributed by atoms with Crippen LogP contribution in [-0.2, 0) is 20.7 Å². The minimum absolute atomic E-state index is 0.0396. The molecule has 1 N–H and O–H groups in total. The molecule has 0 saturated carbocycles. The summed E-state index contributed by atoms with van der Waals surface area (Å²) in [6.07, 6.45) is 4.92. The number of benzene rings is 2. The van der Waals surface area contributed by atoms with Crippen molar-refractivity contribution in [2.75, 3.05) is 0 Å². The Morgan fingerprint density at radius 1 is 1.19 bits per heavy atom. The zero-order valence-corrected chi connectivity index (χ0v) is 15.9. The summed E-state index contributed by atoms with van der Waals surface area (Å²) in [7, 11) is 0. The first-order chi connectivity index (χ1) is 13.0. The van der Waals surface area contributed by atoms with Crippen molar-refractivity contribution in [1.82, 2.24) is 5.32 Å². The highest BCUT2D eigenvalue weighted by Crippen LogP contribution is 2.29. The van der Waals surface area contributed by atoms with Crippen LogP contribution in [0.25, 0.3) is 6.08 Å². The molecule has 3 rings (SSSR count). The van der Waals surface area contributed by atoms with Crippen molar-refractivity contribution in [2.24, 2.45) is 0 Å². The van der Waals surface area contributed by atoms with Gasteiger partial charge in [-0.25, -0.2) is 4.79 Å². The van der Waals surface area contributed by atoms with Gasteiger partial charge in [0.05, 0.1) is 6.04 Å². The number of rotatable bonds is 5. The smallest absolute Gasteiger partial charge is 0.331 e. The van der Waals surface area contributed by atoms with Crippen LogP contribution in [0.15, 0.2) is 54.6 Å². The van der Waals surface area contributed by atoms with E-state index in [9.17, 15) is 9.59 Å². The first-order valence-corrected chi connectivity index (χ1v) is 9.44. The van der Waals surface area contributed by atoms with Crippen LogP contribution < -0.4 is 5.32 Å². The molecule has 2 aromatic carbocycles. The van der Waals surface area contributed by atoms with Crippen LogP contribution in [0.5, 0.6) is 0 Å². The van der Waals surface area contributed by atoms with Gasteiger partial charge >= 0.3 is 5.97 Å². The third kappa shape index (κ3) is 4.98. The van der Waals surface area contributed by atoms with Gasteiger partial charge in [0.25, 0.3) is 5.91 Å². The van der Waals surface area contributed by atoms with Crippen LogP contribution in [0.4, 0.5) is 0 Å². The van der Waals surface area contributed by atoms with Gasteiger partial charge in [-0.05, 0) is 55.0 Å². The Bertz CT molecular complexity index is 862. The number of hydrogen-bond donors (Lipinski definition) is 1. The van der Waals surface area contributed by atoms with E-state index in [1.807, 2.05) is 30.3 Å². The average molecular weight is 384 g/mol. The molecule has 5 heteroatoms. The molecule has 1 aliphatic rings. The van der Waals surface area contributed by atoms with Crippen molar-refractivity contribution < 1.29 is 14.3 Å². The molecule has 0 unspecified atom stereocenters. The van der Waals surface area contributed by atoms with Crippen LogP contribution in [0.1, 0.15) is 42.5 Å². The van der Waals surface area contributed by atoms with Gasteiger partial charge in [0.1, 0.15) is 0 Å². The fourth-order valence-electron chi connectivity index (χ4n) is 3.23. The largest absolute Gasteiger partial charge is 0.449 e.